The first-order valence-electron chi connectivity index (χ1n) is 10.4. The Kier molecular flexibility index (Phi) is 5.51. The number of pyridine rings is 1. The van der Waals surface area contributed by atoms with E-state index in [1.54, 1.807) is 6.07 Å². The molecule has 1 unspecified atom stereocenters. The van der Waals surface area contributed by atoms with Crippen LogP contribution in [0.3, 0.4) is 0 Å². The Hall–Kier alpha value is -2.87. The van der Waals surface area contributed by atoms with E-state index in [1.165, 1.54) is 11.3 Å². The summed E-state index contributed by atoms with van der Waals surface area (Å²) in [5.41, 5.74) is 8.84. The molecular weight excluding hydrogens is 412 g/mol. The van der Waals surface area contributed by atoms with Gasteiger partial charge < -0.3 is 20.2 Å². The number of thiophene rings is 1. The predicted molar refractivity (Wildman–Crippen MR) is 122 cm³/mol. The third kappa shape index (κ3) is 4.30. The number of hydrogen-bond donors (Lipinski definition) is 2. The minimum absolute atomic E-state index is 0.184. The molecule has 0 aliphatic heterocycles. The number of hydrogen-bond acceptors (Lipinski definition) is 5. The zero-order valence-corrected chi connectivity index (χ0v) is 19.1. The molecule has 0 saturated heterocycles. The molecule has 0 fully saturated rings. The molecular formula is C23H28N4O3S. The van der Waals surface area contributed by atoms with Crippen LogP contribution in [-0.4, -0.2) is 27.8 Å². The van der Waals surface area contributed by atoms with E-state index >= 15 is 0 Å². The molecule has 0 radical (unpaired) electrons. The van der Waals surface area contributed by atoms with Gasteiger partial charge >= 0.3 is 0 Å². The van der Waals surface area contributed by atoms with Crippen LogP contribution in [0.2, 0.25) is 0 Å². The Balaban J connectivity index is 1.50. The Labute approximate surface area is 185 Å². The van der Waals surface area contributed by atoms with Gasteiger partial charge in [-0.2, -0.15) is 0 Å². The molecule has 1 aliphatic rings. The van der Waals surface area contributed by atoms with Crippen molar-refractivity contribution in [2.24, 2.45) is 17.1 Å². The molecule has 3 heterocycles. The number of amides is 2. The van der Waals surface area contributed by atoms with Crippen LogP contribution in [-0.2, 0) is 17.6 Å². The Morgan fingerprint density at radius 2 is 2.16 bits per heavy atom. The highest BCUT2D eigenvalue weighted by Crippen LogP contribution is 2.44. The minimum atomic E-state index is -0.499. The van der Waals surface area contributed by atoms with Crippen LogP contribution in [0.25, 0.3) is 5.65 Å². The standard InChI is InChI=1S/C23H28N4O3S/c1-13-11-27-9-5-6-16(21(27)25-13)30-12-18(28)26-22-19(20(24)29)15-8-7-14(23(2,3)4)10-17(15)31-22/h5-6,9,11,14H,7-8,10,12H2,1-4H3,(H2,24,29)(H,26,28). The molecule has 8 heteroatoms. The summed E-state index contributed by atoms with van der Waals surface area (Å²) in [6.07, 6.45) is 6.49. The monoisotopic (exact) mass is 440 g/mol. The number of imidazole rings is 1. The van der Waals surface area contributed by atoms with Gasteiger partial charge in [-0.05, 0) is 55.2 Å². The first kappa shape index (κ1) is 21.4. The largest absolute Gasteiger partial charge is 0.480 e. The van der Waals surface area contributed by atoms with Gasteiger partial charge in [-0.25, -0.2) is 4.98 Å². The number of carbonyl (C=O) groups excluding carboxylic acids is 2. The number of aryl methyl sites for hydroxylation is 1. The van der Waals surface area contributed by atoms with E-state index < -0.39 is 5.91 Å². The molecule has 1 atom stereocenters. The van der Waals surface area contributed by atoms with Gasteiger partial charge in [0.25, 0.3) is 11.8 Å². The fourth-order valence-electron chi connectivity index (χ4n) is 4.20. The van der Waals surface area contributed by atoms with E-state index in [2.05, 4.69) is 31.1 Å². The van der Waals surface area contributed by atoms with Crippen molar-refractivity contribution < 1.29 is 14.3 Å². The van der Waals surface area contributed by atoms with E-state index in [0.29, 0.717) is 27.9 Å². The second-order valence-corrected chi connectivity index (χ2v) is 10.3. The van der Waals surface area contributed by atoms with Crippen LogP contribution >= 0.6 is 11.3 Å². The molecule has 2 amide bonds. The van der Waals surface area contributed by atoms with Crippen molar-refractivity contribution in [3.8, 4) is 5.75 Å². The lowest BCUT2D eigenvalue weighted by molar-refractivity contribution is -0.118. The number of carbonyl (C=O) groups is 2. The maximum absolute atomic E-state index is 12.6. The first-order valence-corrected chi connectivity index (χ1v) is 11.3. The summed E-state index contributed by atoms with van der Waals surface area (Å²) in [6.45, 7) is 8.45. The van der Waals surface area contributed by atoms with Crippen LogP contribution in [0.1, 0.15) is 53.7 Å². The number of nitrogens with one attached hydrogen (secondary N) is 1. The van der Waals surface area contributed by atoms with Gasteiger partial charge in [0.1, 0.15) is 5.00 Å². The van der Waals surface area contributed by atoms with Gasteiger partial charge in [-0.1, -0.05) is 20.8 Å². The summed E-state index contributed by atoms with van der Waals surface area (Å²) < 4.78 is 7.58. The fraction of sp³-hybridized carbons (Fsp3) is 0.435. The van der Waals surface area contributed by atoms with Gasteiger partial charge in [0.15, 0.2) is 18.0 Å². The maximum Gasteiger partial charge on any atom is 0.262 e. The van der Waals surface area contributed by atoms with Crippen molar-refractivity contribution >= 4 is 33.8 Å². The lowest BCUT2D eigenvalue weighted by Gasteiger charge is -2.33. The van der Waals surface area contributed by atoms with Gasteiger partial charge in [0, 0.05) is 17.3 Å². The Morgan fingerprint density at radius 1 is 1.39 bits per heavy atom. The SMILES string of the molecule is Cc1cn2cccc(OCC(=O)Nc3sc4c(c3C(N)=O)CCC(C(C)(C)C)C4)c2n1. The predicted octanol–water partition coefficient (Wildman–Crippen LogP) is 3.97. The van der Waals surface area contributed by atoms with E-state index in [-0.39, 0.29) is 17.9 Å². The second kappa shape index (κ2) is 8.00. The molecule has 164 valence electrons. The van der Waals surface area contributed by atoms with Crippen molar-refractivity contribution in [3.05, 3.63) is 46.2 Å². The summed E-state index contributed by atoms with van der Waals surface area (Å²) >= 11 is 1.46. The highest BCUT2D eigenvalue weighted by molar-refractivity contribution is 7.17. The summed E-state index contributed by atoms with van der Waals surface area (Å²) in [5, 5.41) is 3.38. The van der Waals surface area contributed by atoms with E-state index in [1.807, 2.05) is 29.8 Å². The number of ether oxygens (including phenoxy) is 1. The first-order chi connectivity index (χ1) is 14.6. The van der Waals surface area contributed by atoms with Gasteiger partial charge in [0.05, 0.1) is 11.3 Å². The molecule has 1 aliphatic carbocycles. The number of anilines is 1. The Morgan fingerprint density at radius 3 is 2.87 bits per heavy atom. The van der Waals surface area contributed by atoms with E-state index in [0.717, 1.165) is 35.4 Å². The molecule has 3 N–H and O–H groups in total. The number of primary amides is 1. The molecule has 0 aromatic carbocycles. The summed E-state index contributed by atoms with van der Waals surface area (Å²) in [6, 6.07) is 3.62. The fourth-order valence-corrected chi connectivity index (χ4v) is 5.55. The quantitative estimate of drug-likeness (QED) is 0.627. The number of nitrogens with two attached hydrogens (primary N) is 1. The Bertz CT molecular complexity index is 1160. The average Bonchev–Trinajstić information content (AvgIpc) is 3.24. The number of rotatable bonds is 5. The summed E-state index contributed by atoms with van der Waals surface area (Å²) in [7, 11) is 0. The summed E-state index contributed by atoms with van der Waals surface area (Å²) in [5.74, 6) is 0.225. The zero-order chi connectivity index (χ0) is 22.3. The molecule has 4 rings (SSSR count). The van der Waals surface area contributed by atoms with Crippen molar-refractivity contribution in [1.29, 1.82) is 0 Å². The lowest BCUT2D eigenvalue weighted by Crippen LogP contribution is -2.27. The third-order valence-corrected chi connectivity index (χ3v) is 7.09. The average molecular weight is 441 g/mol. The van der Waals surface area contributed by atoms with Gasteiger partial charge in [-0.3, -0.25) is 9.59 Å². The van der Waals surface area contributed by atoms with Crippen LogP contribution in [0.15, 0.2) is 24.5 Å². The zero-order valence-electron chi connectivity index (χ0n) is 18.3. The number of aromatic nitrogens is 2. The van der Waals surface area contributed by atoms with Crippen molar-refractivity contribution in [3.63, 3.8) is 0 Å². The second-order valence-electron chi connectivity index (χ2n) is 9.20. The van der Waals surface area contributed by atoms with Crippen LogP contribution in [0.4, 0.5) is 5.00 Å². The van der Waals surface area contributed by atoms with Crippen LogP contribution in [0.5, 0.6) is 5.75 Å². The van der Waals surface area contributed by atoms with Crippen molar-refractivity contribution in [2.75, 3.05) is 11.9 Å². The molecule has 3 aromatic rings. The third-order valence-electron chi connectivity index (χ3n) is 5.92. The lowest BCUT2D eigenvalue weighted by atomic mass is 9.72. The molecule has 0 spiro atoms. The van der Waals surface area contributed by atoms with E-state index in [9.17, 15) is 9.59 Å². The molecule has 3 aromatic heterocycles. The normalized spacial score (nSPS) is 16.2. The number of fused-ring (bicyclic) bond motifs is 2. The smallest absolute Gasteiger partial charge is 0.262 e. The highest BCUT2D eigenvalue weighted by Gasteiger charge is 2.33. The van der Waals surface area contributed by atoms with Gasteiger partial charge in [-0.15, -0.1) is 11.3 Å². The maximum atomic E-state index is 12.6. The molecule has 31 heavy (non-hydrogen) atoms. The molecule has 0 bridgehead atoms. The van der Waals surface area contributed by atoms with Crippen LogP contribution < -0.4 is 15.8 Å². The minimum Gasteiger partial charge on any atom is -0.480 e. The molecule has 0 saturated carbocycles. The van der Waals surface area contributed by atoms with Gasteiger partial charge in [0.2, 0.25) is 0 Å². The highest BCUT2D eigenvalue weighted by atomic mass is 32.1. The van der Waals surface area contributed by atoms with E-state index in [4.69, 9.17) is 10.5 Å². The topological polar surface area (TPSA) is 98.7 Å². The number of nitrogens with zero attached hydrogens (tertiary/aromatic N) is 2. The van der Waals surface area contributed by atoms with Crippen LogP contribution in [0, 0.1) is 18.3 Å². The van der Waals surface area contributed by atoms with Crippen molar-refractivity contribution in [1.82, 2.24) is 9.38 Å². The summed E-state index contributed by atoms with van der Waals surface area (Å²) in [4.78, 5) is 30.4. The van der Waals surface area contributed by atoms with Crippen molar-refractivity contribution in [2.45, 2.75) is 47.0 Å². The molecule has 7 nitrogen and oxygen atoms in total.